The molecule has 0 spiro atoms. The summed E-state index contributed by atoms with van der Waals surface area (Å²) in [4.78, 5) is 14.7. The molecule has 0 aliphatic rings. The van der Waals surface area contributed by atoms with Gasteiger partial charge >= 0.3 is 5.97 Å². The Labute approximate surface area is 88.1 Å². The zero-order valence-electron chi connectivity index (χ0n) is 8.00. The van der Waals surface area contributed by atoms with Crippen LogP contribution in [0.3, 0.4) is 0 Å². The molecule has 0 aliphatic heterocycles. The van der Waals surface area contributed by atoms with E-state index < -0.39 is 0 Å². The van der Waals surface area contributed by atoms with Crippen LogP contribution in [0.5, 0.6) is 0 Å². The van der Waals surface area contributed by atoms with Crippen molar-refractivity contribution in [3.63, 3.8) is 0 Å². The van der Waals surface area contributed by atoms with E-state index in [-0.39, 0.29) is 5.97 Å². The molecule has 0 amide bonds. The van der Waals surface area contributed by atoms with E-state index in [1.807, 2.05) is 6.07 Å². The van der Waals surface area contributed by atoms with Crippen molar-refractivity contribution >= 4 is 17.6 Å². The Bertz CT molecular complexity index is 315. The Morgan fingerprint density at radius 1 is 1.64 bits per heavy atom. The van der Waals surface area contributed by atoms with Gasteiger partial charge in [-0.2, -0.15) is 0 Å². The molecule has 0 N–H and O–H groups in total. The number of hydrogen-bond acceptors (Lipinski definition) is 3. The van der Waals surface area contributed by atoms with E-state index in [2.05, 4.69) is 9.72 Å². The standard InChI is InChI=1S/C10H12ClNO2/c1-14-10(13)4-2-3-8-5-6-12-9(11)7-8/h5-7H,2-4H2,1H3. The average Bonchev–Trinajstić information content (AvgIpc) is 2.17. The van der Waals surface area contributed by atoms with Gasteiger partial charge in [-0.05, 0) is 30.5 Å². The maximum atomic E-state index is 10.8. The highest BCUT2D eigenvalue weighted by Gasteiger charge is 2.00. The first-order valence-corrected chi connectivity index (χ1v) is 4.77. The number of nitrogens with zero attached hydrogens (tertiary/aromatic N) is 1. The van der Waals surface area contributed by atoms with Crippen molar-refractivity contribution in [2.45, 2.75) is 19.3 Å². The van der Waals surface area contributed by atoms with Crippen molar-refractivity contribution in [3.05, 3.63) is 29.0 Å². The van der Waals surface area contributed by atoms with E-state index in [1.54, 1.807) is 12.3 Å². The molecule has 76 valence electrons. The summed E-state index contributed by atoms with van der Waals surface area (Å²) in [5.74, 6) is -0.176. The van der Waals surface area contributed by atoms with E-state index in [1.165, 1.54) is 7.11 Å². The molecular weight excluding hydrogens is 202 g/mol. The summed E-state index contributed by atoms with van der Waals surface area (Å²) < 4.78 is 4.53. The van der Waals surface area contributed by atoms with Gasteiger partial charge in [0.2, 0.25) is 0 Å². The van der Waals surface area contributed by atoms with Crippen molar-refractivity contribution in [1.29, 1.82) is 0 Å². The van der Waals surface area contributed by atoms with Crippen molar-refractivity contribution in [3.8, 4) is 0 Å². The molecule has 3 nitrogen and oxygen atoms in total. The molecule has 4 heteroatoms. The van der Waals surface area contributed by atoms with Gasteiger partial charge in [-0.25, -0.2) is 4.98 Å². The fourth-order valence-corrected chi connectivity index (χ4v) is 1.33. The molecule has 0 atom stereocenters. The number of ether oxygens (including phenoxy) is 1. The first kappa shape index (κ1) is 11.0. The Morgan fingerprint density at radius 3 is 3.07 bits per heavy atom. The summed E-state index contributed by atoms with van der Waals surface area (Å²) in [6.07, 6.45) is 3.69. The Morgan fingerprint density at radius 2 is 2.43 bits per heavy atom. The van der Waals surface area contributed by atoms with E-state index in [4.69, 9.17) is 11.6 Å². The first-order chi connectivity index (χ1) is 6.72. The molecular formula is C10H12ClNO2. The van der Waals surface area contributed by atoms with Crippen molar-refractivity contribution in [1.82, 2.24) is 4.98 Å². The molecule has 0 aromatic carbocycles. The monoisotopic (exact) mass is 213 g/mol. The van der Waals surface area contributed by atoms with E-state index in [0.29, 0.717) is 11.6 Å². The number of halogens is 1. The van der Waals surface area contributed by atoms with Crippen LogP contribution in [0.15, 0.2) is 18.3 Å². The van der Waals surface area contributed by atoms with E-state index in [9.17, 15) is 4.79 Å². The minimum Gasteiger partial charge on any atom is -0.469 e. The second-order valence-corrected chi connectivity index (χ2v) is 3.30. The topological polar surface area (TPSA) is 39.2 Å². The predicted octanol–water partition coefficient (Wildman–Crippen LogP) is 2.23. The predicted molar refractivity (Wildman–Crippen MR) is 54.2 cm³/mol. The molecule has 0 fully saturated rings. The Kier molecular flexibility index (Phi) is 4.40. The Balaban J connectivity index is 2.35. The van der Waals surface area contributed by atoms with Crippen LogP contribution in [0.4, 0.5) is 0 Å². The van der Waals surface area contributed by atoms with Crippen molar-refractivity contribution < 1.29 is 9.53 Å². The zero-order valence-corrected chi connectivity index (χ0v) is 8.75. The molecule has 0 bridgehead atoms. The zero-order chi connectivity index (χ0) is 10.4. The van der Waals surface area contributed by atoms with E-state index in [0.717, 1.165) is 18.4 Å². The minimum atomic E-state index is -0.176. The third-order valence-corrected chi connectivity index (χ3v) is 2.07. The maximum absolute atomic E-state index is 10.8. The lowest BCUT2D eigenvalue weighted by Crippen LogP contribution is -2.00. The van der Waals surface area contributed by atoms with Gasteiger partial charge in [-0.15, -0.1) is 0 Å². The smallest absolute Gasteiger partial charge is 0.305 e. The molecule has 0 saturated carbocycles. The van der Waals surface area contributed by atoms with Crippen molar-refractivity contribution in [2.75, 3.05) is 7.11 Å². The first-order valence-electron chi connectivity index (χ1n) is 4.39. The molecule has 14 heavy (non-hydrogen) atoms. The largest absolute Gasteiger partial charge is 0.469 e. The number of hydrogen-bond donors (Lipinski definition) is 0. The quantitative estimate of drug-likeness (QED) is 0.569. The summed E-state index contributed by atoms with van der Waals surface area (Å²) in [6, 6.07) is 3.70. The average molecular weight is 214 g/mol. The van der Waals surface area contributed by atoms with Crippen LogP contribution in [0.2, 0.25) is 5.15 Å². The highest BCUT2D eigenvalue weighted by molar-refractivity contribution is 6.29. The number of aryl methyl sites for hydroxylation is 1. The molecule has 1 aromatic rings. The molecule has 1 heterocycles. The maximum Gasteiger partial charge on any atom is 0.305 e. The minimum absolute atomic E-state index is 0.176. The fourth-order valence-electron chi connectivity index (χ4n) is 1.14. The third kappa shape index (κ3) is 3.75. The van der Waals surface area contributed by atoms with Gasteiger partial charge in [0.15, 0.2) is 0 Å². The molecule has 1 aromatic heterocycles. The number of methoxy groups -OCH3 is 1. The van der Waals surface area contributed by atoms with Gasteiger partial charge in [0.05, 0.1) is 7.11 Å². The SMILES string of the molecule is COC(=O)CCCc1ccnc(Cl)c1. The lowest BCUT2D eigenvalue weighted by molar-refractivity contribution is -0.140. The third-order valence-electron chi connectivity index (χ3n) is 1.87. The number of esters is 1. The van der Waals surface area contributed by atoms with Gasteiger partial charge in [-0.3, -0.25) is 4.79 Å². The lowest BCUT2D eigenvalue weighted by atomic mass is 10.1. The summed E-state index contributed by atoms with van der Waals surface area (Å²) in [5.41, 5.74) is 1.09. The number of rotatable bonds is 4. The highest BCUT2D eigenvalue weighted by Crippen LogP contribution is 2.10. The molecule has 1 rings (SSSR count). The van der Waals surface area contributed by atoms with Crippen LogP contribution >= 0.6 is 11.6 Å². The van der Waals surface area contributed by atoms with Gasteiger partial charge in [0, 0.05) is 12.6 Å². The number of pyridine rings is 1. The van der Waals surface area contributed by atoms with Gasteiger partial charge in [0.1, 0.15) is 5.15 Å². The van der Waals surface area contributed by atoms with Crippen LogP contribution in [-0.4, -0.2) is 18.1 Å². The van der Waals surface area contributed by atoms with Crippen LogP contribution in [0, 0.1) is 0 Å². The van der Waals surface area contributed by atoms with Crippen LogP contribution in [0.1, 0.15) is 18.4 Å². The van der Waals surface area contributed by atoms with Gasteiger partial charge in [0.25, 0.3) is 0 Å². The summed E-state index contributed by atoms with van der Waals surface area (Å²) in [7, 11) is 1.39. The summed E-state index contributed by atoms with van der Waals surface area (Å²) >= 11 is 5.71. The molecule has 0 unspecified atom stereocenters. The second kappa shape index (κ2) is 5.60. The van der Waals surface area contributed by atoms with Gasteiger partial charge in [-0.1, -0.05) is 11.6 Å². The molecule has 0 radical (unpaired) electrons. The number of carbonyl (C=O) groups is 1. The molecule has 0 saturated heterocycles. The summed E-state index contributed by atoms with van der Waals surface area (Å²) in [6.45, 7) is 0. The normalized spacial score (nSPS) is 9.86. The number of carbonyl (C=O) groups excluding carboxylic acids is 1. The van der Waals surface area contributed by atoms with Crippen molar-refractivity contribution in [2.24, 2.45) is 0 Å². The molecule has 0 aliphatic carbocycles. The summed E-state index contributed by atoms with van der Waals surface area (Å²) in [5, 5.41) is 0.487. The van der Waals surface area contributed by atoms with Crippen LogP contribution in [0.25, 0.3) is 0 Å². The highest BCUT2D eigenvalue weighted by atomic mass is 35.5. The Hall–Kier alpha value is -1.09. The number of aromatic nitrogens is 1. The second-order valence-electron chi connectivity index (χ2n) is 2.92. The van der Waals surface area contributed by atoms with Crippen LogP contribution < -0.4 is 0 Å². The fraction of sp³-hybridized carbons (Fsp3) is 0.400. The van der Waals surface area contributed by atoms with Crippen LogP contribution in [-0.2, 0) is 16.0 Å². The lowest BCUT2D eigenvalue weighted by Gasteiger charge is -2.00. The van der Waals surface area contributed by atoms with E-state index >= 15 is 0 Å². The van der Waals surface area contributed by atoms with Gasteiger partial charge < -0.3 is 4.74 Å².